The standard InChI is InChI=1S/C10H10Cl2N4O/c1-6(5-7-3-2-4-17-7)13-9-8(11)15-16-10(12)14-9/h2-4,6H,5H2,1H3,(H,13,14,16). The number of hydrogen-bond acceptors (Lipinski definition) is 5. The molecule has 0 aromatic carbocycles. The van der Waals surface area contributed by atoms with Crippen molar-refractivity contribution in [2.24, 2.45) is 0 Å². The molecule has 2 aromatic rings. The lowest BCUT2D eigenvalue weighted by atomic mass is 10.2. The number of aromatic nitrogens is 3. The van der Waals surface area contributed by atoms with Gasteiger partial charge in [0.1, 0.15) is 5.76 Å². The van der Waals surface area contributed by atoms with E-state index in [0.29, 0.717) is 12.2 Å². The highest BCUT2D eigenvalue weighted by molar-refractivity contribution is 6.32. The molecule has 0 radical (unpaired) electrons. The second-order valence-corrected chi connectivity index (χ2v) is 4.25. The van der Waals surface area contributed by atoms with Crippen molar-refractivity contribution in [3.63, 3.8) is 0 Å². The Balaban J connectivity index is 2.02. The third-order valence-corrected chi connectivity index (χ3v) is 2.51. The van der Waals surface area contributed by atoms with Gasteiger partial charge >= 0.3 is 0 Å². The number of furan rings is 1. The molecule has 90 valence electrons. The molecule has 0 spiro atoms. The van der Waals surface area contributed by atoms with Gasteiger partial charge in [0.25, 0.3) is 0 Å². The summed E-state index contributed by atoms with van der Waals surface area (Å²) in [6.45, 7) is 1.98. The summed E-state index contributed by atoms with van der Waals surface area (Å²) >= 11 is 11.5. The van der Waals surface area contributed by atoms with Crippen LogP contribution in [-0.2, 0) is 6.42 Å². The van der Waals surface area contributed by atoms with Crippen molar-refractivity contribution in [2.75, 3.05) is 5.32 Å². The quantitative estimate of drug-likeness (QED) is 0.927. The predicted molar refractivity (Wildman–Crippen MR) is 65.3 cm³/mol. The fourth-order valence-electron chi connectivity index (χ4n) is 1.40. The highest BCUT2D eigenvalue weighted by Crippen LogP contribution is 2.18. The van der Waals surface area contributed by atoms with E-state index in [1.807, 2.05) is 19.1 Å². The van der Waals surface area contributed by atoms with Gasteiger partial charge < -0.3 is 9.73 Å². The lowest BCUT2D eigenvalue weighted by Gasteiger charge is -2.13. The van der Waals surface area contributed by atoms with Crippen LogP contribution in [0.25, 0.3) is 0 Å². The first-order valence-corrected chi connectivity index (χ1v) is 5.75. The molecule has 2 rings (SSSR count). The smallest absolute Gasteiger partial charge is 0.245 e. The van der Waals surface area contributed by atoms with Gasteiger partial charge in [-0.25, -0.2) is 0 Å². The molecule has 1 unspecified atom stereocenters. The fraction of sp³-hybridized carbons (Fsp3) is 0.300. The van der Waals surface area contributed by atoms with Gasteiger partial charge in [-0.2, -0.15) is 4.98 Å². The van der Waals surface area contributed by atoms with E-state index < -0.39 is 0 Å². The Hall–Kier alpha value is -1.33. The Kier molecular flexibility index (Phi) is 3.81. The summed E-state index contributed by atoms with van der Waals surface area (Å²) in [4.78, 5) is 3.96. The summed E-state index contributed by atoms with van der Waals surface area (Å²) in [6.07, 6.45) is 2.35. The minimum absolute atomic E-state index is 0.0575. The minimum atomic E-state index is 0.0575. The summed E-state index contributed by atoms with van der Waals surface area (Å²) in [5, 5.41) is 10.6. The van der Waals surface area contributed by atoms with Crippen LogP contribution in [-0.4, -0.2) is 21.2 Å². The van der Waals surface area contributed by atoms with Crippen molar-refractivity contribution in [3.05, 3.63) is 34.6 Å². The molecule has 0 aliphatic carbocycles. The largest absolute Gasteiger partial charge is 0.469 e. The third-order valence-electron chi connectivity index (χ3n) is 2.09. The van der Waals surface area contributed by atoms with Gasteiger partial charge in [0, 0.05) is 12.5 Å². The van der Waals surface area contributed by atoms with Crippen LogP contribution in [0.4, 0.5) is 5.82 Å². The van der Waals surface area contributed by atoms with Crippen molar-refractivity contribution < 1.29 is 4.42 Å². The van der Waals surface area contributed by atoms with Crippen LogP contribution in [0.2, 0.25) is 10.4 Å². The number of nitrogens with one attached hydrogen (secondary N) is 1. The molecule has 1 atom stereocenters. The molecule has 0 saturated carbocycles. The van der Waals surface area contributed by atoms with Crippen LogP contribution in [0.3, 0.4) is 0 Å². The van der Waals surface area contributed by atoms with Crippen LogP contribution in [0, 0.1) is 0 Å². The molecule has 0 amide bonds. The number of hydrogen-bond donors (Lipinski definition) is 1. The lowest BCUT2D eigenvalue weighted by Crippen LogP contribution is -2.19. The molecule has 0 aliphatic rings. The molecule has 1 N–H and O–H groups in total. The fourth-order valence-corrected chi connectivity index (χ4v) is 1.66. The predicted octanol–water partition coefficient (Wildman–Crippen LogP) is 2.81. The van der Waals surface area contributed by atoms with E-state index in [0.717, 1.165) is 5.76 Å². The van der Waals surface area contributed by atoms with Gasteiger partial charge in [-0.15, -0.1) is 10.2 Å². The third kappa shape index (κ3) is 3.31. The van der Waals surface area contributed by atoms with Crippen LogP contribution < -0.4 is 5.32 Å². The lowest BCUT2D eigenvalue weighted by molar-refractivity contribution is 0.497. The summed E-state index contributed by atoms with van der Waals surface area (Å²) in [5.74, 6) is 1.31. The van der Waals surface area contributed by atoms with Gasteiger partial charge in [-0.05, 0) is 30.7 Å². The van der Waals surface area contributed by atoms with Gasteiger partial charge in [0.05, 0.1) is 6.26 Å². The molecule has 2 heterocycles. The molecule has 0 saturated heterocycles. The van der Waals surface area contributed by atoms with Crippen LogP contribution >= 0.6 is 23.2 Å². The first-order chi connectivity index (χ1) is 8.15. The Morgan fingerprint density at radius 3 is 2.94 bits per heavy atom. The SMILES string of the molecule is CC(Cc1ccco1)Nc1nc(Cl)nnc1Cl. The zero-order valence-corrected chi connectivity index (χ0v) is 10.5. The zero-order valence-electron chi connectivity index (χ0n) is 9.02. The maximum absolute atomic E-state index is 5.84. The molecule has 0 aliphatic heterocycles. The van der Waals surface area contributed by atoms with Crippen molar-refractivity contribution in [2.45, 2.75) is 19.4 Å². The highest BCUT2D eigenvalue weighted by atomic mass is 35.5. The monoisotopic (exact) mass is 272 g/mol. The zero-order chi connectivity index (χ0) is 12.3. The molecule has 0 bridgehead atoms. The average Bonchev–Trinajstić information content (AvgIpc) is 2.76. The number of rotatable bonds is 4. The van der Waals surface area contributed by atoms with Crippen molar-refractivity contribution in [3.8, 4) is 0 Å². The highest BCUT2D eigenvalue weighted by Gasteiger charge is 2.11. The van der Waals surface area contributed by atoms with E-state index >= 15 is 0 Å². The van der Waals surface area contributed by atoms with E-state index in [9.17, 15) is 0 Å². The molecule has 0 fully saturated rings. The molecule has 7 heteroatoms. The second-order valence-electron chi connectivity index (χ2n) is 3.55. The normalized spacial score (nSPS) is 12.4. The maximum Gasteiger partial charge on any atom is 0.245 e. The first kappa shape index (κ1) is 12.1. The van der Waals surface area contributed by atoms with Crippen molar-refractivity contribution >= 4 is 29.0 Å². The topological polar surface area (TPSA) is 63.8 Å². The Bertz CT molecular complexity index is 489. The van der Waals surface area contributed by atoms with Crippen LogP contribution in [0.15, 0.2) is 22.8 Å². The summed E-state index contributed by atoms with van der Waals surface area (Å²) < 4.78 is 5.25. The molecule has 17 heavy (non-hydrogen) atoms. The molecular weight excluding hydrogens is 263 g/mol. The van der Waals surface area contributed by atoms with E-state index in [1.54, 1.807) is 6.26 Å². The van der Waals surface area contributed by atoms with Crippen LogP contribution in [0.1, 0.15) is 12.7 Å². The molecular formula is C10H10Cl2N4O. The minimum Gasteiger partial charge on any atom is -0.469 e. The van der Waals surface area contributed by atoms with Crippen molar-refractivity contribution in [1.82, 2.24) is 15.2 Å². The molecule has 2 aromatic heterocycles. The number of anilines is 1. The summed E-state index contributed by atoms with van der Waals surface area (Å²) in [7, 11) is 0. The second kappa shape index (κ2) is 5.33. The van der Waals surface area contributed by atoms with Crippen molar-refractivity contribution in [1.29, 1.82) is 0 Å². The molecule has 5 nitrogen and oxygen atoms in total. The van der Waals surface area contributed by atoms with Crippen LogP contribution in [0.5, 0.6) is 0 Å². The Labute approximate surface area is 108 Å². The van der Waals surface area contributed by atoms with Gasteiger partial charge in [0.2, 0.25) is 5.28 Å². The average molecular weight is 273 g/mol. The van der Waals surface area contributed by atoms with Gasteiger partial charge in [0.15, 0.2) is 11.0 Å². The van der Waals surface area contributed by atoms with Gasteiger partial charge in [-0.1, -0.05) is 11.6 Å². The van der Waals surface area contributed by atoms with E-state index in [-0.39, 0.29) is 16.5 Å². The van der Waals surface area contributed by atoms with Gasteiger partial charge in [-0.3, -0.25) is 0 Å². The summed E-state index contributed by atoms with van der Waals surface area (Å²) in [5.41, 5.74) is 0. The number of halogens is 2. The van der Waals surface area contributed by atoms with E-state index in [2.05, 4.69) is 20.5 Å². The summed E-state index contributed by atoms with van der Waals surface area (Å²) in [6, 6.07) is 3.84. The van der Waals surface area contributed by atoms with E-state index in [1.165, 1.54) is 0 Å². The first-order valence-electron chi connectivity index (χ1n) is 5.00. The number of nitrogens with zero attached hydrogens (tertiary/aromatic N) is 3. The Morgan fingerprint density at radius 2 is 2.24 bits per heavy atom. The van der Waals surface area contributed by atoms with E-state index in [4.69, 9.17) is 27.6 Å². The Morgan fingerprint density at radius 1 is 1.41 bits per heavy atom. The maximum atomic E-state index is 5.84.